The van der Waals surface area contributed by atoms with Crippen LogP contribution in [0.5, 0.6) is 0 Å². The number of benzene rings is 4. The van der Waals surface area contributed by atoms with Crippen LogP contribution in [0.4, 0.5) is 42.1 Å². The van der Waals surface area contributed by atoms with E-state index in [1.165, 1.54) is 31.1 Å². The lowest BCUT2D eigenvalue weighted by Crippen LogP contribution is -2.44. The van der Waals surface area contributed by atoms with Crippen LogP contribution in [-0.4, -0.2) is 50.3 Å². The lowest BCUT2D eigenvalue weighted by atomic mass is 9.84. The van der Waals surface area contributed by atoms with Gasteiger partial charge in [0.05, 0.1) is 24.3 Å². The second-order valence-corrected chi connectivity index (χ2v) is 16.1. The number of amides is 1. The molecule has 1 N–H and O–H groups in total. The maximum Gasteiger partial charge on any atom is 0.335 e. The van der Waals surface area contributed by atoms with Crippen molar-refractivity contribution in [1.82, 2.24) is 4.31 Å². The van der Waals surface area contributed by atoms with E-state index in [9.17, 15) is 40.7 Å². The Kier molecular flexibility index (Phi) is 11.2. The number of carboxylic acid groups (broad SMARTS) is 1. The zero-order valence-corrected chi connectivity index (χ0v) is 30.6. The molecule has 5 rings (SSSR count). The van der Waals surface area contributed by atoms with Gasteiger partial charge in [-0.3, -0.25) is 4.79 Å². The molecular formula is C38H36F7N3O5S. The van der Waals surface area contributed by atoms with E-state index in [4.69, 9.17) is 0 Å². The minimum atomic E-state index is -5.87. The molecule has 16 heteroatoms. The number of carbonyl (C=O) groups is 2. The first-order valence-corrected chi connectivity index (χ1v) is 18.0. The summed E-state index contributed by atoms with van der Waals surface area (Å²) in [6.07, 6.45) is 1.79. The second kappa shape index (κ2) is 15.1. The van der Waals surface area contributed by atoms with Crippen LogP contribution in [0.2, 0.25) is 0 Å². The molecule has 8 nitrogen and oxygen atoms in total. The van der Waals surface area contributed by atoms with E-state index in [0.717, 1.165) is 47.1 Å². The van der Waals surface area contributed by atoms with Crippen molar-refractivity contribution >= 4 is 33.3 Å². The first-order valence-electron chi connectivity index (χ1n) is 16.6. The molecule has 1 saturated carbocycles. The van der Waals surface area contributed by atoms with Crippen molar-refractivity contribution in [2.75, 3.05) is 30.4 Å². The molecule has 0 atom stereocenters. The van der Waals surface area contributed by atoms with Crippen LogP contribution >= 0.6 is 0 Å². The quantitative estimate of drug-likeness (QED) is 0.0889. The summed E-state index contributed by atoms with van der Waals surface area (Å²) in [5.74, 6) is -18.0. The maximum atomic E-state index is 16.2. The number of aromatic carboxylic acids is 1. The van der Waals surface area contributed by atoms with Crippen LogP contribution < -0.4 is 9.80 Å². The van der Waals surface area contributed by atoms with Gasteiger partial charge in [-0.15, -0.1) is 0 Å². The molecule has 0 spiro atoms. The molecule has 0 unspecified atom stereocenters. The summed E-state index contributed by atoms with van der Waals surface area (Å²) in [5, 5.41) is 9.66. The number of halogens is 7. The Bertz CT molecular complexity index is 2230. The van der Waals surface area contributed by atoms with Crippen LogP contribution in [-0.2, 0) is 33.3 Å². The zero-order chi connectivity index (χ0) is 40.0. The Hall–Kier alpha value is -4.96. The molecule has 0 saturated heterocycles. The smallest absolute Gasteiger partial charge is 0.335 e. The molecule has 1 aliphatic rings. The molecule has 0 radical (unpaired) electrons. The van der Waals surface area contributed by atoms with Gasteiger partial charge in [0.25, 0.3) is 0 Å². The molecule has 1 fully saturated rings. The van der Waals surface area contributed by atoms with E-state index in [1.807, 2.05) is 26.8 Å². The zero-order valence-electron chi connectivity index (χ0n) is 29.8. The van der Waals surface area contributed by atoms with Gasteiger partial charge in [0.2, 0.25) is 21.7 Å². The van der Waals surface area contributed by atoms with E-state index in [-0.39, 0.29) is 15.9 Å². The molecule has 1 amide bonds. The molecule has 0 bridgehead atoms. The Balaban J connectivity index is 1.72. The van der Waals surface area contributed by atoms with Crippen molar-refractivity contribution < 1.29 is 53.8 Å². The predicted octanol–water partition coefficient (Wildman–Crippen LogP) is 8.02. The highest BCUT2D eigenvalue weighted by Crippen LogP contribution is 2.43. The van der Waals surface area contributed by atoms with E-state index in [0.29, 0.717) is 11.6 Å². The fraction of sp³-hybridized carbons (Fsp3) is 0.316. The largest absolute Gasteiger partial charge is 0.478 e. The van der Waals surface area contributed by atoms with Gasteiger partial charge in [0.1, 0.15) is 17.3 Å². The van der Waals surface area contributed by atoms with Gasteiger partial charge >= 0.3 is 5.97 Å². The standard InChI is InChI=1S/C38H36F7N3O5S/c1-38(2,3)25-13-20(12-23(14-25)21-10-11-21)17-48(35-27(40)15-24(37(50)51)16-28(35)46(4)5)29(49)19-47(18-22-8-6-7-9-26(22)39)54(52,53)36-33(44)31(42)30(41)32(43)34(36)45/h6-9,12-16,21H,10-11,17-19H2,1-5H3,(H,50,51). The summed E-state index contributed by atoms with van der Waals surface area (Å²) in [5.41, 5.74) is 0.231. The minimum absolute atomic E-state index is 0.0269. The van der Waals surface area contributed by atoms with Gasteiger partial charge in [0, 0.05) is 26.2 Å². The van der Waals surface area contributed by atoms with E-state index in [1.54, 1.807) is 12.1 Å². The normalized spacial score (nSPS) is 13.4. The molecule has 4 aromatic carbocycles. The van der Waals surface area contributed by atoms with Crippen molar-refractivity contribution in [3.63, 3.8) is 0 Å². The number of carboxylic acids is 1. The van der Waals surface area contributed by atoms with Gasteiger partial charge in [-0.05, 0) is 59.1 Å². The fourth-order valence-corrected chi connectivity index (χ4v) is 7.38. The van der Waals surface area contributed by atoms with Gasteiger partial charge in [-0.2, -0.15) is 4.31 Å². The van der Waals surface area contributed by atoms with E-state index < -0.39 is 109 Å². The number of anilines is 2. The molecule has 0 aliphatic heterocycles. The highest BCUT2D eigenvalue weighted by atomic mass is 32.2. The molecule has 0 heterocycles. The third kappa shape index (κ3) is 8.09. The first-order chi connectivity index (χ1) is 25.1. The topological polar surface area (TPSA) is 98.2 Å². The summed E-state index contributed by atoms with van der Waals surface area (Å²) in [6.45, 7) is 2.82. The highest BCUT2D eigenvalue weighted by Gasteiger charge is 2.40. The number of rotatable bonds is 12. The SMILES string of the molecule is CN(C)c1cc(C(=O)O)cc(F)c1N(Cc1cc(C2CC2)cc(C(C)(C)C)c1)C(=O)CN(Cc1ccccc1F)S(=O)(=O)c1c(F)c(F)c(F)c(F)c1F. The summed E-state index contributed by atoms with van der Waals surface area (Å²) in [6, 6.07) is 11.8. The van der Waals surface area contributed by atoms with Crippen molar-refractivity contribution in [3.8, 4) is 0 Å². The summed E-state index contributed by atoms with van der Waals surface area (Å²) < 4.78 is 132. The average molecular weight is 780 g/mol. The van der Waals surface area contributed by atoms with Gasteiger partial charge in [0.15, 0.2) is 28.2 Å². The molecule has 288 valence electrons. The van der Waals surface area contributed by atoms with Crippen molar-refractivity contribution in [3.05, 3.63) is 123 Å². The van der Waals surface area contributed by atoms with Crippen LogP contribution in [0.1, 0.15) is 72.1 Å². The van der Waals surface area contributed by atoms with Crippen LogP contribution in [0, 0.1) is 40.7 Å². The molecule has 1 aliphatic carbocycles. The summed E-state index contributed by atoms with van der Waals surface area (Å²) in [7, 11) is -3.02. The number of hydrogen-bond acceptors (Lipinski definition) is 5. The summed E-state index contributed by atoms with van der Waals surface area (Å²) in [4.78, 5) is 26.3. The Morgan fingerprint density at radius 3 is 1.93 bits per heavy atom. The van der Waals surface area contributed by atoms with E-state index >= 15 is 13.2 Å². The van der Waals surface area contributed by atoms with Gasteiger partial charge in [-0.1, -0.05) is 57.2 Å². The average Bonchev–Trinajstić information content (AvgIpc) is 3.95. The van der Waals surface area contributed by atoms with Crippen molar-refractivity contribution in [2.24, 2.45) is 0 Å². The van der Waals surface area contributed by atoms with Crippen LogP contribution in [0.3, 0.4) is 0 Å². The maximum absolute atomic E-state index is 16.2. The Morgan fingerprint density at radius 1 is 0.796 bits per heavy atom. The highest BCUT2D eigenvalue weighted by molar-refractivity contribution is 7.89. The Labute approximate surface area is 307 Å². The van der Waals surface area contributed by atoms with Gasteiger partial charge in [-0.25, -0.2) is 43.9 Å². The third-order valence-electron chi connectivity index (χ3n) is 9.00. The monoisotopic (exact) mass is 779 g/mol. The number of carbonyl (C=O) groups excluding carboxylic acids is 1. The van der Waals surface area contributed by atoms with Crippen LogP contribution in [0.25, 0.3) is 0 Å². The lowest BCUT2D eigenvalue weighted by molar-refractivity contribution is -0.119. The molecular weight excluding hydrogens is 743 g/mol. The van der Waals surface area contributed by atoms with Crippen molar-refractivity contribution in [1.29, 1.82) is 0 Å². The van der Waals surface area contributed by atoms with Gasteiger partial charge < -0.3 is 14.9 Å². The lowest BCUT2D eigenvalue weighted by Gasteiger charge is -2.31. The number of nitrogens with zero attached hydrogens (tertiary/aromatic N) is 3. The second-order valence-electron chi connectivity index (χ2n) is 14.3. The van der Waals surface area contributed by atoms with E-state index in [2.05, 4.69) is 0 Å². The minimum Gasteiger partial charge on any atom is -0.478 e. The number of hydrogen-bond donors (Lipinski definition) is 1. The predicted molar refractivity (Wildman–Crippen MR) is 186 cm³/mol. The Morgan fingerprint density at radius 2 is 1.39 bits per heavy atom. The fourth-order valence-electron chi connectivity index (χ4n) is 5.90. The number of sulfonamides is 1. The van der Waals surface area contributed by atoms with Crippen LogP contribution in [0.15, 0.2) is 59.5 Å². The van der Waals surface area contributed by atoms with Crippen molar-refractivity contribution in [2.45, 2.75) is 62.9 Å². The third-order valence-corrected chi connectivity index (χ3v) is 10.8. The summed E-state index contributed by atoms with van der Waals surface area (Å²) >= 11 is 0. The first kappa shape index (κ1) is 40.2. The molecule has 54 heavy (non-hydrogen) atoms. The molecule has 4 aromatic rings. The molecule has 0 aromatic heterocycles.